The van der Waals surface area contributed by atoms with Crippen LogP contribution in [0.4, 0.5) is 16.2 Å². The van der Waals surface area contributed by atoms with Gasteiger partial charge in [0.2, 0.25) is 5.91 Å². The van der Waals surface area contributed by atoms with Crippen LogP contribution < -0.4 is 15.6 Å². The molecule has 1 saturated heterocycles. The Morgan fingerprint density at radius 3 is 2.44 bits per heavy atom. The van der Waals surface area contributed by atoms with E-state index in [1.165, 1.54) is 0 Å². The fourth-order valence-electron chi connectivity index (χ4n) is 2.68. The molecule has 3 rings (SSSR count). The van der Waals surface area contributed by atoms with Gasteiger partial charge in [-0.25, -0.2) is 10.2 Å². The molecule has 2 aromatic carbocycles. The fourth-order valence-corrected chi connectivity index (χ4v) is 2.68. The van der Waals surface area contributed by atoms with E-state index in [1.807, 2.05) is 49.4 Å². The number of para-hydroxylation sites is 1. The molecule has 128 valence electrons. The highest BCUT2D eigenvalue weighted by molar-refractivity contribution is 6.01. The van der Waals surface area contributed by atoms with Crippen LogP contribution in [0.5, 0.6) is 0 Å². The molecule has 3 amide bonds. The topological polar surface area (TPSA) is 73.8 Å². The van der Waals surface area contributed by atoms with Crippen molar-refractivity contribution in [1.29, 1.82) is 0 Å². The van der Waals surface area contributed by atoms with Crippen molar-refractivity contribution in [2.45, 2.75) is 19.8 Å². The second-order valence-corrected chi connectivity index (χ2v) is 5.82. The van der Waals surface area contributed by atoms with Crippen molar-refractivity contribution < 1.29 is 9.59 Å². The summed E-state index contributed by atoms with van der Waals surface area (Å²) in [5.41, 5.74) is 5.65. The number of nitrogens with zero attached hydrogens (tertiary/aromatic N) is 2. The van der Waals surface area contributed by atoms with Gasteiger partial charge in [-0.3, -0.25) is 4.79 Å². The molecule has 2 aromatic rings. The van der Waals surface area contributed by atoms with Crippen LogP contribution in [0.3, 0.4) is 0 Å². The SMILES string of the molecule is C/C(=N/NC(=O)Nc1ccccc1)c1ccc(N2CCCC2=O)cc1. The minimum Gasteiger partial charge on any atom is -0.312 e. The zero-order valence-corrected chi connectivity index (χ0v) is 14.0. The number of amides is 3. The standard InChI is InChI=1S/C19H20N4O2/c1-14(21-22-19(25)20-16-6-3-2-4-7-16)15-9-11-17(12-10-15)23-13-5-8-18(23)24/h2-4,6-7,9-12H,5,8,13H2,1H3,(H2,20,22,25)/b21-14-. The van der Waals surface area contributed by atoms with Crippen LogP contribution in [0.15, 0.2) is 59.7 Å². The molecule has 0 saturated carbocycles. The maximum absolute atomic E-state index is 11.8. The summed E-state index contributed by atoms with van der Waals surface area (Å²) in [7, 11) is 0. The number of carbonyl (C=O) groups excluding carboxylic acids is 2. The van der Waals surface area contributed by atoms with E-state index in [1.54, 1.807) is 17.0 Å². The Bertz CT molecular complexity index is 785. The molecular weight excluding hydrogens is 316 g/mol. The molecule has 2 N–H and O–H groups in total. The monoisotopic (exact) mass is 336 g/mol. The Balaban J connectivity index is 1.60. The molecule has 0 spiro atoms. The van der Waals surface area contributed by atoms with Crippen LogP contribution in [0.25, 0.3) is 0 Å². The van der Waals surface area contributed by atoms with E-state index in [0.29, 0.717) is 17.8 Å². The molecule has 0 radical (unpaired) electrons. The highest BCUT2D eigenvalue weighted by atomic mass is 16.2. The second-order valence-electron chi connectivity index (χ2n) is 5.82. The lowest BCUT2D eigenvalue weighted by Crippen LogP contribution is -2.25. The average molecular weight is 336 g/mol. The summed E-state index contributed by atoms with van der Waals surface area (Å²) in [4.78, 5) is 25.4. The smallest absolute Gasteiger partial charge is 0.312 e. The van der Waals surface area contributed by atoms with Gasteiger partial charge < -0.3 is 10.2 Å². The predicted molar refractivity (Wildman–Crippen MR) is 98.8 cm³/mol. The quantitative estimate of drug-likeness (QED) is 0.664. The van der Waals surface area contributed by atoms with E-state index in [0.717, 1.165) is 24.2 Å². The summed E-state index contributed by atoms with van der Waals surface area (Å²) in [5.74, 6) is 0.164. The van der Waals surface area contributed by atoms with Gasteiger partial charge in [-0.15, -0.1) is 0 Å². The van der Waals surface area contributed by atoms with Gasteiger partial charge in [0, 0.05) is 24.3 Å². The maximum Gasteiger partial charge on any atom is 0.339 e. The number of hydrogen-bond acceptors (Lipinski definition) is 3. The molecule has 1 aliphatic heterocycles. The van der Waals surface area contributed by atoms with Crippen LogP contribution in [0.1, 0.15) is 25.3 Å². The number of carbonyl (C=O) groups is 2. The number of rotatable bonds is 4. The number of nitrogens with one attached hydrogen (secondary N) is 2. The van der Waals surface area contributed by atoms with Gasteiger partial charge in [0.05, 0.1) is 5.71 Å². The van der Waals surface area contributed by atoms with Gasteiger partial charge in [0.1, 0.15) is 0 Å². The third-order valence-electron chi connectivity index (χ3n) is 4.03. The third kappa shape index (κ3) is 4.23. The first-order valence-corrected chi connectivity index (χ1v) is 8.20. The first-order chi connectivity index (χ1) is 12.1. The predicted octanol–water partition coefficient (Wildman–Crippen LogP) is 3.36. The van der Waals surface area contributed by atoms with Crippen molar-refractivity contribution in [2.75, 3.05) is 16.8 Å². The molecule has 0 bridgehead atoms. The first-order valence-electron chi connectivity index (χ1n) is 8.20. The molecule has 0 aliphatic carbocycles. The highest BCUT2D eigenvalue weighted by Gasteiger charge is 2.21. The van der Waals surface area contributed by atoms with Gasteiger partial charge in [0.25, 0.3) is 0 Å². The van der Waals surface area contributed by atoms with Gasteiger partial charge in [0.15, 0.2) is 0 Å². The lowest BCUT2D eigenvalue weighted by atomic mass is 10.1. The minimum absolute atomic E-state index is 0.164. The maximum atomic E-state index is 11.8. The largest absolute Gasteiger partial charge is 0.339 e. The summed E-state index contributed by atoms with van der Waals surface area (Å²) in [5, 5.41) is 6.81. The van der Waals surface area contributed by atoms with E-state index in [4.69, 9.17) is 0 Å². The number of hydrazone groups is 1. The van der Waals surface area contributed by atoms with Crippen molar-refractivity contribution >= 4 is 29.0 Å². The molecule has 1 aliphatic rings. The normalized spacial score (nSPS) is 14.5. The third-order valence-corrected chi connectivity index (χ3v) is 4.03. The van der Waals surface area contributed by atoms with E-state index >= 15 is 0 Å². The van der Waals surface area contributed by atoms with Gasteiger partial charge in [-0.05, 0) is 43.2 Å². The summed E-state index contributed by atoms with van der Waals surface area (Å²) in [6.45, 7) is 2.59. The molecule has 0 aromatic heterocycles. The zero-order chi connectivity index (χ0) is 17.6. The van der Waals surface area contributed by atoms with Gasteiger partial charge in [-0.2, -0.15) is 5.10 Å². The van der Waals surface area contributed by atoms with Crippen LogP contribution in [0, 0.1) is 0 Å². The fraction of sp³-hybridized carbons (Fsp3) is 0.211. The summed E-state index contributed by atoms with van der Waals surface area (Å²) >= 11 is 0. The molecule has 0 atom stereocenters. The molecule has 6 heteroatoms. The van der Waals surface area contributed by atoms with Crippen molar-refractivity contribution in [3.63, 3.8) is 0 Å². The van der Waals surface area contributed by atoms with Crippen LogP contribution in [-0.4, -0.2) is 24.2 Å². The van der Waals surface area contributed by atoms with Crippen LogP contribution in [-0.2, 0) is 4.79 Å². The van der Waals surface area contributed by atoms with E-state index in [9.17, 15) is 9.59 Å². The Morgan fingerprint density at radius 1 is 1.08 bits per heavy atom. The molecule has 0 unspecified atom stereocenters. The summed E-state index contributed by atoms with van der Waals surface area (Å²) in [6.07, 6.45) is 1.52. The van der Waals surface area contributed by atoms with Crippen LogP contribution >= 0.6 is 0 Å². The van der Waals surface area contributed by atoms with Crippen molar-refractivity contribution in [2.24, 2.45) is 5.10 Å². The van der Waals surface area contributed by atoms with E-state index in [2.05, 4.69) is 15.8 Å². The first kappa shape index (κ1) is 16.7. The van der Waals surface area contributed by atoms with Gasteiger partial charge in [-0.1, -0.05) is 30.3 Å². The van der Waals surface area contributed by atoms with E-state index < -0.39 is 6.03 Å². The highest BCUT2D eigenvalue weighted by Crippen LogP contribution is 2.21. The zero-order valence-electron chi connectivity index (χ0n) is 14.0. The number of anilines is 2. The lowest BCUT2D eigenvalue weighted by Gasteiger charge is -2.15. The summed E-state index contributed by atoms with van der Waals surface area (Å²) in [6, 6.07) is 16.4. The Kier molecular flexibility index (Phi) is 5.09. The second kappa shape index (κ2) is 7.61. The number of benzene rings is 2. The molecular formula is C19H20N4O2. The Hall–Kier alpha value is -3.15. The molecule has 1 fully saturated rings. The summed E-state index contributed by atoms with van der Waals surface area (Å²) < 4.78 is 0. The number of hydrogen-bond donors (Lipinski definition) is 2. The number of urea groups is 1. The van der Waals surface area contributed by atoms with Crippen molar-refractivity contribution in [1.82, 2.24) is 5.43 Å². The van der Waals surface area contributed by atoms with Crippen molar-refractivity contribution in [3.8, 4) is 0 Å². The average Bonchev–Trinajstić information content (AvgIpc) is 3.07. The van der Waals surface area contributed by atoms with Crippen molar-refractivity contribution in [3.05, 3.63) is 60.2 Å². The minimum atomic E-state index is -0.398. The van der Waals surface area contributed by atoms with Crippen LogP contribution in [0.2, 0.25) is 0 Å². The lowest BCUT2D eigenvalue weighted by molar-refractivity contribution is -0.117. The van der Waals surface area contributed by atoms with Gasteiger partial charge >= 0.3 is 6.03 Å². The Labute approximate surface area is 146 Å². The molecule has 6 nitrogen and oxygen atoms in total. The van der Waals surface area contributed by atoms with E-state index in [-0.39, 0.29) is 5.91 Å². The Morgan fingerprint density at radius 2 is 1.80 bits per heavy atom. The molecule has 1 heterocycles. The molecule has 25 heavy (non-hydrogen) atoms.